The third kappa shape index (κ3) is 2.55. The van der Waals surface area contributed by atoms with E-state index in [1.807, 2.05) is 11.9 Å². The highest BCUT2D eigenvalue weighted by atomic mass is 16.2. The molecule has 0 aromatic heterocycles. The molecule has 0 bridgehead atoms. The van der Waals surface area contributed by atoms with Gasteiger partial charge < -0.3 is 15.5 Å². The number of likely N-dealkylation sites (N-methyl/N-ethyl adjacent to an activating group) is 1. The maximum atomic E-state index is 12.0. The van der Waals surface area contributed by atoms with Crippen LogP contribution in [-0.4, -0.2) is 55.0 Å². The fourth-order valence-electron chi connectivity index (χ4n) is 2.44. The molecule has 92 valence electrons. The van der Waals surface area contributed by atoms with Crippen molar-refractivity contribution in [1.82, 2.24) is 9.80 Å². The molecular formula is C12H23N3O. The minimum Gasteiger partial charge on any atom is -0.344 e. The van der Waals surface area contributed by atoms with Crippen LogP contribution in [0.1, 0.15) is 25.7 Å². The smallest absolute Gasteiger partial charge is 0.242 e. The van der Waals surface area contributed by atoms with Gasteiger partial charge in [0.15, 0.2) is 0 Å². The first-order valence-corrected chi connectivity index (χ1v) is 6.24. The van der Waals surface area contributed by atoms with Crippen LogP contribution >= 0.6 is 0 Å². The van der Waals surface area contributed by atoms with Crippen LogP contribution in [0.5, 0.6) is 0 Å². The Hall–Kier alpha value is -0.610. The Morgan fingerprint density at radius 2 is 2.00 bits per heavy atom. The van der Waals surface area contributed by atoms with Crippen LogP contribution in [0.2, 0.25) is 0 Å². The average molecular weight is 225 g/mol. The zero-order valence-electron chi connectivity index (χ0n) is 10.4. The lowest BCUT2D eigenvalue weighted by Crippen LogP contribution is -2.46. The Kier molecular flexibility index (Phi) is 3.22. The van der Waals surface area contributed by atoms with Crippen LogP contribution in [0, 0.1) is 5.92 Å². The highest BCUT2D eigenvalue weighted by molar-refractivity contribution is 5.88. The number of carbonyl (C=O) groups excluding carboxylic acids is 1. The van der Waals surface area contributed by atoms with E-state index in [2.05, 4.69) is 11.9 Å². The number of amides is 1. The summed E-state index contributed by atoms with van der Waals surface area (Å²) in [5.41, 5.74) is 5.42. The molecule has 1 amide bonds. The first-order valence-electron chi connectivity index (χ1n) is 6.24. The van der Waals surface area contributed by atoms with Gasteiger partial charge in [0.1, 0.15) is 0 Å². The Morgan fingerprint density at radius 1 is 1.44 bits per heavy atom. The standard InChI is InChI=1S/C12H23N3O/c1-14-7-3-10(4-8-14)9-15(2)11(16)12(13)5-6-12/h10H,3-9,13H2,1-2H3. The molecule has 4 nitrogen and oxygen atoms in total. The molecule has 2 aliphatic rings. The highest BCUT2D eigenvalue weighted by Crippen LogP contribution is 2.34. The van der Waals surface area contributed by atoms with Crippen molar-refractivity contribution in [3.05, 3.63) is 0 Å². The van der Waals surface area contributed by atoms with Crippen LogP contribution in [0.15, 0.2) is 0 Å². The molecule has 0 atom stereocenters. The summed E-state index contributed by atoms with van der Waals surface area (Å²) in [6.07, 6.45) is 4.13. The van der Waals surface area contributed by atoms with E-state index in [0.717, 1.165) is 32.5 Å². The van der Waals surface area contributed by atoms with Gasteiger partial charge in [-0.15, -0.1) is 0 Å². The van der Waals surface area contributed by atoms with Gasteiger partial charge in [-0.25, -0.2) is 0 Å². The van der Waals surface area contributed by atoms with Gasteiger partial charge in [-0.1, -0.05) is 0 Å². The first-order chi connectivity index (χ1) is 7.51. The molecule has 2 rings (SSSR count). The van der Waals surface area contributed by atoms with Gasteiger partial charge >= 0.3 is 0 Å². The molecule has 0 spiro atoms. The number of carbonyl (C=O) groups is 1. The fraction of sp³-hybridized carbons (Fsp3) is 0.917. The van der Waals surface area contributed by atoms with Crippen molar-refractivity contribution in [3.63, 3.8) is 0 Å². The molecular weight excluding hydrogens is 202 g/mol. The minimum atomic E-state index is -0.500. The summed E-state index contributed by atoms with van der Waals surface area (Å²) in [5.74, 6) is 0.805. The predicted molar refractivity (Wildman–Crippen MR) is 64.0 cm³/mol. The molecule has 0 aromatic carbocycles. The third-order valence-corrected chi connectivity index (χ3v) is 3.93. The van der Waals surface area contributed by atoms with Crippen LogP contribution in [0.3, 0.4) is 0 Å². The summed E-state index contributed by atoms with van der Waals surface area (Å²) in [4.78, 5) is 16.2. The summed E-state index contributed by atoms with van der Waals surface area (Å²) >= 11 is 0. The lowest BCUT2D eigenvalue weighted by molar-refractivity contribution is -0.133. The predicted octanol–water partition coefficient (Wildman–Crippen LogP) is 0.278. The summed E-state index contributed by atoms with van der Waals surface area (Å²) in [5, 5.41) is 0. The molecule has 0 aromatic rings. The number of rotatable bonds is 3. The quantitative estimate of drug-likeness (QED) is 0.750. The molecule has 2 fully saturated rings. The van der Waals surface area contributed by atoms with Gasteiger partial charge in [-0.2, -0.15) is 0 Å². The van der Waals surface area contributed by atoms with Crippen LogP contribution in [0.4, 0.5) is 0 Å². The van der Waals surface area contributed by atoms with Crippen molar-refractivity contribution in [2.24, 2.45) is 11.7 Å². The van der Waals surface area contributed by atoms with Crippen molar-refractivity contribution in [2.75, 3.05) is 33.7 Å². The molecule has 0 radical (unpaired) electrons. The van der Waals surface area contributed by atoms with Crippen LogP contribution < -0.4 is 5.73 Å². The number of nitrogens with zero attached hydrogens (tertiary/aromatic N) is 2. The summed E-state index contributed by atoms with van der Waals surface area (Å²) in [7, 11) is 4.05. The third-order valence-electron chi connectivity index (χ3n) is 3.93. The van der Waals surface area contributed by atoms with Gasteiger partial charge in [0.25, 0.3) is 0 Å². The summed E-state index contributed by atoms with van der Waals surface area (Å²) in [6.45, 7) is 3.19. The van der Waals surface area contributed by atoms with Crippen LogP contribution in [0.25, 0.3) is 0 Å². The molecule has 0 unspecified atom stereocenters. The number of nitrogens with two attached hydrogens (primary N) is 1. The fourth-order valence-corrected chi connectivity index (χ4v) is 2.44. The number of piperidine rings is 1. The van der Waals surface area contributed by atoms with Gasteiger partial charge in [-0.3, -0.25) is 4.79 Å². The first kappa shape index (κ1) is 11.9. The van der Waals surface area contributed by atoms with Gasteiger partial charge in [0.05, 0.1) is 5.54 Å². The topological polar surface area (TPSA) is 49.6 Å². The van der Waals surface area contributed by atoms with Gasteiger partial charge in [0.2, 0.25) is 5.91 Å². The van der Waals surface area contributed by atoms with Crippen molar-refractivity contribution in [3.8, 4) is 0 Å². The van der Waals surface area contributed by atoms with E-state index in [-0.39, 0.29) is 5.91 Å². The van der Waals surface area contributed by atoms with Crippen molar-refractivity contribution in [2.45, 2.75) is 31.2 Å². The van der Waals surface area contributed by atoms with E-state index in [0.29, 0.717) is 5.92 Å². The van der Waals surface area contributed by atoms with E-state index in [4.69, 9.17) is 5.73 Å². The van der Waals surface area contributed by atoms with Crippen LogP contribution in [-0.2, 0) is 4.79 Å². The Balaban J connectivity index is 1.78. The molecule has 1 saturated heterocycles. The Labute approximate surface area is 97.8 Å². The second kappa shape index (κ2) is 4.34. The second-order valence-corrected chi connectivity index (χ2v) is 5.59. The second-order valence-electron chi connectivity index (χ2n) is 5.59. The van der Waals surface area contributed by atoms with E-state index >= 15 is 0 Å². The van der Waals surface area contributed by atoms with E-state index in [1.54, 1.807) is 0 Å². The van der Waals surface area contributed by atoms with Crippen molar-refractivity contribution in [1.29, 1.82) is 0 Å². The van der Waals surface area contributed by atoms with Crippen molar-refractivity contribution < 1.29 is 4.79 Å². The van der Waals surface area contributed by atoms with E-state index in [1.165, 1.54) is 12.8 Å². The SMILES string of the molecule is CN1CCC(CN(C)C(=O)C2(N)CC2)CC1. The largest absolute Gasteiger partial charge is 0.344 e. The zero-order chi connectivity index (χ0) is 11.8. The average Bonchev–Trinajstić information content (AvgIpc) is 3.00. The lowest BCUT2D eigenvalue weighted by Gasteiger charge is -2.32. The Bertz CT molecular complexity index is 267. The minimum absolute atomic E-state index is 0.145. The van der Waals surface area contributed by atoms with Gasteiger partial charge in [-0.05, 0) is 51.7 Å². The van der Waals surface area contributed by atoms with Gasteiger partial charge in [0, 0.05) is 13.6 Å². The molecule has 1 aliphatic carbocycles. The molecule has 4 heteroatoms. The van der Waals surface area contributed by atoms with Crippen molar-refractivity contribution >= 4 is 5.91 Å². The molecule has 16 heavy (non-hydrogen) atoms. The molecule has 1 saturated carbocycles. The number of hydrogen-bond donors (Lipinski definition) is 1. The molecule has 1 heterocycles. The number of likely N-dealkylation sites (tertiary alicyclic amines) is 1. The molecule has 2 N–H and O–H groups in total. The highest BCUT2D eigenvalue weighted by Gasteiger charge is 2.47. The lowest BCUT2D eigenvalue weighted by atomic mass is 9.96. The summed E-state index contributed by atoms with van der Waals surface area (Å²) < 4.78 is 0. The van der Waals surface area contributed by atoms with E-state index in [9.17, 15) is 4.79 Å². The van der Waals surface area contributed by atoms with E-state index < -0.39 is 5.54 Å². The normalized spacial score (nSPS) is 25.4. The monoisotopic (exact) mass is 225 g/mol. The number of hydrogen-bond acceptors (Lipinski definition) is 3. The maximum Gasteiger partial charge on any atom is 0.242 e. The molecule has 1 aliphatic heterocycles. The zero-order valence-corrected chi connectivity index (χ0v) is 10.4. The Morgan fingerprint density at radius 3 is 2.50 bits per heavy atom. The summed E-state index contributed by atoms with van der Waals surface area (Å²) in [6, 6.07) is 0. The maximum absolute atomic E-state index is 12.0.